The van der Waals surface area contributed by atoms with Gasteiger partial charge in [0.15, 0.2) is 0 Å². The molecular formula is C29H39N3O2. The number of carbonyl (C=O) groups is 1. The van der Waals surface area contributed by atoms with Crippen molar-refractivity contribution in [3.63, 3.8) is 0 Å². The second kappa shape index (κ2) is 11.2. The molecule has 1 amide bonds. The highest BCUT2D eigenvalue weighted by Crippen LogP contribution is 2.35. The molecule has 0 saturated carbocycles. The molecule has 2 heterocycles. The summed E-state index contributed by atoms with van der Waals surface area (Å²) < 4.78 is 5.72. The fourth-order valence-electron chi connectivity index (χ4n) is 5.47. The van der Waals surface area contributed by atoms with Gasteiger partial charge < -0.3 is 19.5 Å². The molecule has 1 saturated heterocycles. The van der Waals surface area contributed by atoms with Crippen LogP contribution in [0.2, 0.25) is 0 Å². The number of nitrogens with one attached hydrogen (secondary N) is 1. The molecule has 0 radical (unpaired) electrons. The molecule has 5 heteroatoms. The summed E-state index contributed by atoms with van der Waals surface area (Å²) in [7, 11) is 1.75. The number of amides is 1. The Kier molecular flexibility index (Phi) is 8.07. The Morgan fingerprint density at radius 1 is 1.15 bits per heavy atom. The number of aryl methyl sites for hydroxylation is 2. The lowest BCUT2D eigenvalue weighted by Crippen LogP contribution is -2.60. The minimum Gasteiger partial charge on any atom is -0.382 e. The molecule has 1 aromatic heterocycles. The maximum absolute atomic E-state index is 13.3. The van der Waals surface area contributed by atoms with Gasteiger partial charge in [-0.15, -0.1) is 0 Å². The Morgan fingerprint density at radius 2 is 1.91 bits per heavy atom. The van der Waals surface area contributed by atoms with E-state index in [1.807, 2.05) is 18.2 Å². The van der Waals surface area contributed by atoms with E-state index in [0.29, 0.717) is 13.0 Å². The number of fused-ring (bicyclic) bond motifs is 1. The van der Waals surface area contributed by atoms with Crippen LogP contribution in [0.5, 0.6) is 0 Å². The number of anilines is 1. The monoisotopic (exact) mass is 461 g/mol. The van der Waals surface area contributed by atoms with Gasteiger partial charge in [0.1, 0.15) is 0 Å². The van der Waals surface area contributed by atoms with E-state index in [-0.39, 0.29) is 11.4 Å². The van der Waals surface area contributed by atoms with Crippen molar-refractivity contribution in [1.29, 1.82) is 0 Å². The number of ether oxygens (including phenoxy) is 1. The van der Waals surface area contributed by atoms with Crippen LogP contribution in [0.15, 0.2) is 54.7 Å². The van der Waals surface area contributed by atoms with Crippen LogP contribution in [-0.4, -0.2) is 54.7 Å². The van der Waals surface area contributed by atoms with Crippen molar-refractivity contribution in [2.24, 2.45) is 0 Å². The molecule has 34 heavy (non-hydrogen) atoms. The number of carbonyl (C=O) groups excluding carboxylic acids is 1. The second-order valence-corrected chi connectivity index (χ2v) is 9.78. The standard InChI is InChI=1S/C29H39N3O2/c1-4-9-28(33)32(25-11-6-5-7-12-25)29(22-34-3)15-18-31(19-16-29)17-8-10-24-21-30-27-14-13-23(2)20-26(24)27/h5-7,11-14,20-21,30H,4,8-10,15-19,22H2,1-3H3. The van der Waals surface area contributed by atoms with Crippen LogP contribution in [0, 0.1) is 6.92 Å². The van der Waals surface area contributed by atoms with Gasteiger partial charge in [-0.3, -0.25) is 4.79 Å². The second-order valence-electron chi connectivity index (χ2n) is 9.78. The van der Waals surface area contributed by atoms with Gasteiger partial charge >= 0.3 is 0 Å². The highest BCUT2D eigenvalue weighted by atomic mass is 16.5. The van der Waals surface area contributed by atoms with Gasteiger partial charge in [-0.25, -0.2) is 0 Å². The average Bonchev–Trinajstić information content (AvgIpc) is 3.23. The summed E-state index contributed by atoms with van der Waals surface area (Å²) >= 11 is 0. The normalized spacial score (nSPS) is 16.1. The lowest BCUT2D eigenvalue weighted by atomic mass is 9.85. The quantitative estimate of drug-likeness (QED) is 0.420. The molecule has 3 aromatic rings. The summed E-state index contributed by atoms with van der Waals surface area (Å²) in [5.74, 6) is 0.203. The molecule has 1 aliphatic heterocycles. The first-order chi connectivity index (χ1) is 16.6. The number of H-pyrrole nitrogens is 1. The van der Waals surface area contributed by atoms with Gasteiger partial charge in [0.25, 0.3) is 0 Å². The minimum atomic E-state index is -0.285. The lowest BCUT2D eigenvalue weighted by molar-refractivity contribution is -0.121. The number of piperidine rings is 1. The van der Waals surface area contributed by atoms with E-state index in [1.165, 1.54) is 22.0 Å². The van der Waals surface area contributed by atoms with Crippen LogP contribution < -0.4 is 4.90 Å². The first-order valence-electron chi connectivity index (χ1n) is 12.7. The maximum Gasteiger partial charge on any atom is 0.227 e. The number of hydrogen-bond acceptors (Lipinski definition) is 3. The Morgan fingerprint density at radius 3 is 2.62 bits per heavy atom. The summed E-state index contributed by atoms with van der Waals surface area (Å²) in [5.41, 5.74) is 4.64. The number of methoxy groups -OCH3 is 1. The van der Waals surface area contributed by atoms with Gasteiger partial charge in [-0.1, -0.05) is 36.8 Å². The third-order valence-corrected chi connectivity index (χ3v) is 7.25. The van der Waals surface area contributed by atoms with E-state index in [9.17, 15) is 4.79 Å². The molecule has 182 valence electrons. The number of para-hydroxylation sites is 1. The van der Waals surface area contributed by atoms with Crippen molar-refractivity contribution in [3.8, 4) is 0 Å². The fourth-order valence-corrected chi connectivity index (χ4v) is 5.47. The molecule has 0 aliphatic carbocycles. The zero-order valence-electron chi connectivity index (χ0n) is 21.0. The molecule has 0 unspecified atom stereocenters. The van der Waals surface area contributed by atoms with Crippen molar-refractivity contribution >= 4 is 22.5 Å². The summed E-state index contributed by atoms with van der Waals surface area (Å²) in [6.45, 7) is 7.84. The molecular weight excluding hydrogens is 422 g/mol. The first kappa shape index (κ1) is 24.5. The largest absolute Gasteiger partial charge is 0.382 e. The smallest absolute Gasteiger partial charge is 0.227 e. The molecule has 0 bridgehead atoms. The van der Waals surface area contributed by atoms with Crippen LogP contribution in [0.4, 0.5) is 5.69 Å². The zero-order chi connectivity index (χ0) is 24.0. The molecule has 4 rings (SSSR count). The number of hydrogen-bond donors (Lipinski definition) is 1. The Bertz CT molecular complexity index is 1070. The van der Waals surface area contributed by atoms with Gasteiger partial charge in [0.2, 0.25) is 5.91 Å². The van der Waals surface area contributed by atoms with Crippen LogP contribution in [0.25, 0.3) is 10.9 Å². The van der Waals surface area contributed by atoms with Crippen molar-refractivity contribution < 1.29 is 9.53 Å². The molecule has 1 fully saturated rings. The number of rotatable bonds is 10. The summed E-state index contributed by atoms with van der Waals surface area (Å²) in [4.78, 5) is 21.3. The number of aromatic nitrogens is 1. The molecule has 0 atom stereocenters. The van der Waals surface area contributed by atoms with Crippen molar-refractivity contribution in [2.75, 3.05) is 38.3 Å². The van der Waals surface area contributed by atoms with Gasteiger partial charge in [0, 0.05) is 49.4 Å². The van der Waals surface area contributed by atoms with Crippen LogP contribution in [0.1, 0.15) is 50.2 Å². The van der Waals surface area contributed by atoms with Crippen molar-refractivity contribution in [3.05, 3.63) is 65.9 Å². The van der Waals surface area contributed by atoms with Crippen molar-refractivity contribution in [2.45, 2.75) is 57.9 Å². The SMILES string of the molecule is CCCC(=O)N(c1ccccc1)C1(COC)CCN(CCCc2c[nH]c3ccc(C)cc23)CC1. The molecule has 0 spiro atoms. The predicted octanol–water partition coefficient (Wildman–Crippen LogP) is 5.72. The summed E-state index contributed by atoms with van der Waals surface area (Å²) in [5, 5.41) is 1.35. The van der Waals surface area contributed by atoms with Crippen LogP contribution in [-0.2, 0) is 16.0 Å². The number of nitrogens with zero attached hydrogens (tertiary/aromatic N) is 2. The van der Waals surface area contributed by atoms with E-state index in [1.54, 1.807) is 7.11 Å². The number of benzene rings is 2. The minimum absolute atomic E-state index is 0.203. The third kappa shape index (κ3) is 5.37. The molecule has 1 aliphatic rings. The van der Waals surface area contributed by atoms with Crippen LogP contribution in [0.3, 0.4) is 0 Å². The number of aromatic amines is 1. The van der Waals surface area contributed by atoms with Crippen molar-refractivity contribution in [1.82, 2.24) is 9.88 Å². The van der Waals surface area contributed by atoms with Crippen LogP contribution >= 0.6 is 0 Å². The third-order valence-electron chi connectivity index (χ3n) is 7.25. The zero-order valence-corrected chi connectivity index (χ0v) is 21.0. The summed E-state index contributed by atoms with van der Waals surface area (Å²) in [6.07, 6.45) is 7.65. The Hall–Kier alpha value is -2.63. The van der Waals surface area contributed by atoms with E-state index in [4.69, 9.17) is 4.74 Å². The van der Waals surface area contributed by atoms with E-state index < -0.39 is 0 Å². The van der Waals surface area contributed by atoms with E-state index >= 15 is 0 Å². The molecule has 5 nitrogen and oxygen atoms in total. The highest BCUT2D eigenvalue weighted by molar-refractivity contribution is 5.95. The average molecular weight is 462 g/mol. The summed E-state index contributed by atoms with van der Waals surface area (Å²) in [6, 6.07) is 16.8. The van der Waals surface area contributed by atoms with E-state index in [2.05, 4.69) is 65.2 Å². The number of likely N-dealkylation sites (tertiary alicyclic amines) is 1. The highest BCUT2D eigenvalue weighted by Gasteiger charge is 2.42. The lowest BCUT2D eigenvalue weighted by Gasteiger charge is -2.48. The van der Waals surface area contributed by atoms with Gasteiger partial charge in [-0.05, 0) is 75.4 Å². The molecule has 1 N–H and O–H groups in total. The molecule has 2 aromatic carbocycles. The fraction of sp³-hybridized carbons (Fsp3) is 0.483. The van der Waals surface area contributed by atoms with E-state index in [0.717, 1.165) is 57.4 Å². The topological polar surface area (TPSA) is 48.6 Å². The Balaban J connectivity index is 1.41. The predicted molar refractivity (Wildman–Crippen MR) is 140 cm³/mol. The first-order valence-corrected chi connectivity index (χ1v) is 12.7. The van der Waals surface area contributed by atoms with Gasteiger partial charge in [0.05, 0.1) is 12.1 Å². The Labute approximate surface area is 204 Å². The maximum atomic E-state index is 13.3. The van der Waals surface area contributed by atoms with Gasteiger partial charge in [-0.2, -0.15) is 0 Å².